The number of nitrogens with one attached hydrogen (secondary N) is 1. The molecule has 2 aliphatic rings. The quantitative estimate of drug-likeness (QED) is 0.831. The second kappa shape index (κ2) is 5.76. The summed E-state index contributed by atoms with van der Waals surface area (Å²) < 4.78 is 2.08. The van der Waals surface area contributed by atoms with Gasteiger partial charge in [0, 0.05) is 38.3 Å². The van der Waals surface area contributed by atoms with Crippen LogP contribution in [0.25, 0.3) is 0 Å². The third kappa shape index (κ3) is 2.85. The molecule has 0 atom stereocenters. The van der Waals surface area contributed by atoms with E-state index in [2.05, 4.69) is 40.9 Å². The fraction of sp³-hybridized carbons (Fsp3) is 0.812. The van der Waals surface area contributed by atoms with Gasteiger partial charge >= 0.3 is 0 Å². The Balaban J connectivity index is 1.76. The van der Waals surface area contributed by atoms with Crippen LogP contribution in [0.15, 0.2) is 0 Å². The summed E-state index contributed by atoms with van der Waals surface area (Å²) in [4.78, 5) is 2.54. The minimum absolute atomic E-state index is 0.754. The van der Waals surface area contributed by atoms with Crippen LogP contribution in [0.1, 0.15) is 50.3 Å². The van der Waals surface area contributed by atoms with Gasteiger partial charge in [-0.15, -0.1) is 0 Å². The first-order chi connectivity index (χ1) is 9.69. The van der Waals surface area contributed by atoms with Crippen molar-refractivity contribution < 1.29 is 0 Å². The smallest absolute Gasteiger partial charge is 0.131 e. The van der Waals surface area contributed by atoms with Crippen LogP contribution in [0, 0.1) is 12.8 Å². The Labute approximate surface area is 122 Å². The zero-order valence-electron chi connectivity index (χ0n) is 13.2. The van der Waals surface area contributed by atoms with Crippen molar-refractivity contribution in [1.29, 1.82) is 0 Å². The number of aryl methyl sites for hydroxylation is 2. The average molecular weight is 276 g/mol. The minimum Gasteiger partial charge on any atom is -0.357 e. The Morgan fingerprint density at radius 2 is 2.05 bits per heavy atom. The average Bonchev–Trinajstić information content (AvgIpc) is 3.14. The molecule has 2 fully saturated rings. The lowest BCUT2D eigenvalue weighted by Crippen LogP contribution is -2.34. The molecule has 4 nitrogen and oxygen atoms in total. The summed E-state index contributed by atoms with van der Waals surface area (Å²) in [6.07, 6.45) is 6.91. The molecule has 0 bridgehead atoms. The first kappa shape index (κ1) is 13.9. The van der Waals surface area contributed by atoms with Gasteiger partial charge in [0.15, 0.2) is 0 Å². The topological polar surface area (TPSA) is 33.1 Å². The van der Waals surface area contributed by atoms with Crippen molar-refractivity contribution in [3.05, 3.63) is 11.3 Å². The van der Waals surface area contributed by atoms with Crippen LogP contribution in [-0.4, -0.2) is 28.9 Å². The van der Waals surface area contributed by atoms with Gasteiger partial charge in [0.2, 0.25) is 0 Å². The largest absolute Gasteiger partial charge is 0.357 e. The molecule has 0 spiro atoms. The first-order valence-corrected chi connectivity index (χ1v) is 8.19. The Hall–Kier alpha value is -1.03. The van der Waals surface area contributed by atoms with Gasteiger partial charge in [-0.3, -0.25) is 4.68 Å². The normalized spacial score (nSPS) is 19.1. The van der Waals surface area contributed by atoms with Crippen LogP contribution in [0.3, 0.4) is 0 Å². The number of hydrogen-bond acceptors (Lipinski definition) is 3. The van der Waals surface area contributed by atoms with Gasteiger partial charge in [-0.05, 0) is 45.4 Å². The van der Waals surface area contributed by atoms with Gasteiger partial charge in [0.25, 0.3) is 0 Å². The van der Waals surface area contributed by atoms with Crippen LogP contribution >= 0.6 is 0 Å². The molecule has 0 saturated heterocycles. The predicted molar refractivity (Wildman–Crippen MR) is 83.0 cm³/mol. The number of nitrogens with zero attached hydrogens (tertiary/aromatic N) is 3. The molecular formula is C16H28N4. The van der Waals surface area contributed by atoms with E-state index in [0.29, 0.717) is 0 Å². The van der Waals surface area contributed by atoms with Crippen molar-refractivity contribution in [3.8, 4) is 0 Å². The van der Waals surface area contributed by atoms with Crippen LogP contribution in [0.4, 0.5) is 5.82 Å². The highest BCUT2D eigenvalue weighted by Gasteiger charge is 2.26. The van der Waals surface area contributed by atoms with E-state index in [1.807, 2.05) is 0 Å². The summed E-state index contributed by atoms with van der Waals surface area (Å²) in [5.41, 5.74) is 2.59. The molecule has 0 aliphatic heterocycles. The second-order valence-electron chi connectivity index (χ2n) is 6.50. The van der Waals surface area contributed by atoms with Crippen LogP contribution in [0.5, 0.6) is 0 Å². The Morgan fingerprint density at radius 3 is 2.60 bits per heavy atom. The lowest BCUT2D eigenvalue weighted by Gasteiger charge is -2.33. The maximum atomic E-state index is 4.66. The van der Waals surface area contributed by atoms with Crippen LogP contribution in [-0.2, 0) is 13.6 Å². The van der Waals surface area contributed by atoms with Crippen LogP contribution < -0.4 is 10.2 Å². The molecule has 0 unspecified atom stereocenters. The maximum absolute atomic E-state index is 4.66. The van der Waals surface area contributed by atoms with Crippen molar-refractivity contribution in [2.24, 2.45) is 13.0 Å². The van der Waals surface area contributed by atoms with E-state index in [-0.39, 0.29) is 0 Å². The first-order valence-electron chi connectivity index (χ1n) is 8.19. The molecule has 2 aliphatic carbocycles. The molecule has 1 heterocycles. The monoisotopic (exact) mass is 276 g/mol. The lowest BCUT2D eigenvalue weighted by molar-refractivity contribution is 0.317. The van der Waals surface area contributed by atoms with Crippen molar-refractivity contribution >= 4 is 5.82 Å². The fourth-order valence-electron chi connectivity index (χ4n) is 3.18. The predicted octanol–water partition coefficient (Wildman–Crippen LogP) is 2.61. The Morgan fingerprint density at radius 1 is 1.30 bits per heavy atom. The Bertz CT molecular complexity index is 457. The van der Waals surface area contributed by atoms with E-state index in [9.17, 15) is 0 Å². The molecule has 20 heavy (non-hydrogen) atoms. The van der Waals surface area contributed by atoms with Gasteiger partial charge in [-0.25, -0.2) is 0 Å². The summed E-state index contributed by atoms with van der Waals surface area (Å²) in [6, 6.07) is 0.754. The molecular weight excluding hydrogens is 248 g/mol. The van der Waals surface area contributed by atoms with Gasteiger partial charge in [-0.2, -0.15) is 5.10 Å². The zero-order chi connectivity index (χ0) is 14.1. The van der Waals surface area contributed by atoms with Gasteiger partial charge < -0.3 is 10.2 Å². The maximum Gasteiger partial charge on any atom is 0.131 e. The third-order valence-corrected chi connectivity index (χ3v) is 4.84. The van der Waals surface area contributed by atoms with Gasteiger partial charge in [0.1, 0.15) is 5.82 Å². The molecule has 4 heteroatoms. The second-order valence-corrected chi connectivity index (χ2v) is 6.50. The number of rotatable bonds is 7. The highest BCUT2D eigenvalue weighted by atomic mass is 15.4. The summed E-state index contributed by atoms with van der Waals surface area (Å²) >= 11 is 0. The SMILES string of the molecule is CCN(CC1CCC1)c1c(CNC2CC2)c(C)nn1C. The van der Waals surface area contributed by atoms with Crippen LogP contribution in [0.2, 0.25) is 0 Å². The molecule has 0 aromatic carbocycles. The van der Waals surface area contributed by atoms with Crippen molar-refractivity contribution in [3.63, 3.8) is 0 Å². The van der Waals surface area contributed by atoms with Crippen molar-refractivity contribution in [1.82, 2.24) is 15.1 Å². The molecule has 1 aromatic heterocycles. The molecule has 1 N–H and O–H groups in total. The van der Waals surface area contributed by atoms with E-state index >= 15 is 0 Å². The fourth-order valence-corrected chi connectivity index (χ4v) is 3.18. The third-order valence-electron chi connectivity index (χ3n) is 4.84. The van der Waals surface area contributed by atoms with Crippen molar-refractivity contribution in [2.75, 3.05) is 18.0 Å². The number of aromatic nitrogens is 2. The molecule has 112 valence electrons. The molecule has 1 aromatic rings. The minimum atomic E-state index is 0.754. The van der Waals surface area contributed by atoms with E-state index in [0.717, 1.165) is 25.0 Å². The van der Waals surface area contributed by atoms with E-state index in [4.69, 9.17) is 0 Å². The van der Waals surface area contributed by atoms with Gasteiger partial charge in [0.05, 0.1) is 5.69 Å². The highest BCUT2D eigenvalue weighted by Crippen LogP contribution is 2.31. The summed E-state index contributed by atoms with van der Waals surface area (Å²) in [5.74, 6) is 2.24. The highest BCUT2D eigenvalue weighted by molar-refractivity contribution is 5.50. The molecule has 0 radical (unpaired) electrons. The van der Waals surface area contributed by atoms with E-state index < -0.39 is 0 Å². The van der Waals surface area contributed by atoms with Crippen molar-refractivity contribution in [2.45, 2.75) is 58.5 Å². The summed E-state index contributed by atoms with van der Waals surface area (Å²) in [6.45, 7) is 7.66. The summed E-state index contributed by atoms with van der Waals surface area (Å²) in [7, 11) is 2.09. The van der Waals surface area contributed by atoms with E-state index in [1.54, 1.807) is 0 Å². The lowest BCUT2D eigenvalue weighted by atomic mass is 9.85. The zero-order valence-corrected chi connectivity index (χ0v) is 13.2. The molecule has 3 rings (SSSR count). The Kier molecular flexibility index (Phi) is 4.01. The number of anilines is 1. The summed E-state index contributed by atoms with van der Waals surface area (Å²) in [5, 5.41) is 8.31. The molecule has 2 saturated carbocycles. The molecule has 0 amide bonds. The van der Waals surface area contributed by atoms with Gasteiger partial charge in [-0.1, -0.05) is 6.42 Å². The standard InChI is InChI=1S/C16H28N4/c1-4-20(11-13-6-5-7-13)16-15(10-17-14-8-9-14)12(2)18-19(16)3/h13-14,17H,4-11H2,1-3H3. The van der Waals surface area contributed by atoms with E-state index in [1.165, 1.54) is 55.7 Å². The number of hydrogen-bond donors (Lipinski definition) is 1.